The Labute approximate surface area is 169 Å². The summed E-state index contributed by atoms with van der Waals surface area (Å²) < 4.78 is 33.7. The van der Waals surface area contributed by atoms with Crippen LogP contribution in [0.4, 0.5) is 5.69 Å². The van der Waals surface area contributed by atoms with Gasteiger partial charge in [0, 0.05) is 11.1 Å². The lowest BCUT2D eigenvalue weighted by Crippen LogP contribution is -2.36. The molecule has 2 heterocycles. The van der Waals surface area contributed by atoms with E-state index in [0.29, 0.717) is 22.5 Å². The van der Waals surface area contributed by atoms with Gasteiger partial charge in [-0.05, 0) is 39.0 Å². The number of rotatable bonds is 4. The van der Waals surface area contributed by atoms with Gasteiger partial charge in [0.1, 0.15) is 11.4 Å². The lowest BCUT2D eigenvalue weighted by molar-refractivity contribution is 0.0517. The quantitative estimate of drug-likeness (QED) is 0.659. The molecule has 7 nitrogen and oxygen atoms in total. The highest BCUT2D eigenvalue weighted by Crippen LogP contribution is 2.47. The predicted octanol–water partition coefficient (Wildman–Crippen LogP) is 3.83. The molecule has 0 radical (unpaired) electrons. The van der Waals surface area contributed by atoms with Crippen LogP contribution in [0.5, 0.6) is 0 Å². The second kappa shape index (κ2) is 7.04. The van der Waals surface area contributed by atoms with Gasteiger partial charge >= 0.3 is 5.97 Å². The molecule has 0 saturated carbocycles. The van der Waals surface area contributed by atoms with Crippen LogP contribution in [0, 0.1) is 6.92 Å². The number of nitrogens with zero attached hydrogens (tertiary/aromatic N) is 2. The van der Waals surface area contributed by atoms with Crippen LogP contribution in [0.2, 0.25) is 0 Å². The number of benzene rings is 2. The van der Waals surface area contributed by atoms with Crippen LogP contribution in [-0.2, 0) is 14.8 Å². The summed E-state index contributed by atoms with van der Waals surface area (Å²) in [6.07, 6.45) is 0. The van der Waals surface area contributed by atoms with Crippen LogP contribution in [0.25, 0.3) is 11.3 Å². The highest BCUT2D eigenvalue weighted by molar-refractivity contribution is 7.92. The van der Waals surface area contributed by atoms with Crippen LogP contribution < -0.4 is 4.31 Å². The summed E-state index contributed by atoms with van der Waals surface area (Å²) in [4.78, 5) is 12.6. The number of hydrogen-bond donors (Lipinski definition) is 1. The van der Waals surface area contributed by atoms with E-state index in [1.54, 1.807) is 56.3 Å². The van der Waals surface area contributed by atoms with Crippen LogP contribution in [0.3, 0.4) is 0 Å². The first-order chi connectivity index (χ1) is 13.9. The molecule has 29 heavy (non-hydrogen) atoms. The number of anilines is 1. The summed E-state index contributed by atoms with van der Waals surface area (Å²) in [6, 6.07) is 13.2. The standard InChI is InChI=1S/C21H21N3O4S/c1-4-28-21(25)20-18-14(3)24(29(26,27)15-11-9-13(2)10-12-15)17-8-6-5-7-16(17)19(18)22-23-20/h5-12,14H,4H2,1-3H3,(H,22,23). The zero-order chi connectivity index (χ0) is 20.8. The number of carbonyl (C=O) groups excluding carboxylic acids is 1. The average molecular weight is 411 g/mol. The molecule has 2 aromatic carbocycles. The van der Waals surface area contributed by atoms with E-state index in [2.05, 4.69) is 10.2 Å². The van der Waals surface area contributed by atoms with Gasteiger partial charge in [0.15, 0.2) is 0 Å². The number of esters is 1. The van der Waals surface area contributed by atoms with Gasteiger partial charge in [0.2, 0.25) is 0 Å². The molecule has 150 valence electrons. The molecular formula is C21H21N3O4S. The van der Waals surface area contributed by atoms with Gasteiger partial charge in [-0.3, -0.25) is 9.40 Å². The summed E-state index contributed by atoms with van der Waals surface area (Å²) in [7, 11) is -3.88. The number of sulfonamides is 1. The van der Waals surface area contributed by atoms with Gasteiger partial charge in [0.25, 0.3) is 10.0 Å². The second-order valence-electron chi connectivity index (χ2n) is 6.89. The molecule has 0 spiro atoms. The summed E-state index contributed by atoms with van der Waals surface area (Å²) in [5.74, 6) is -0.555. The van der Waals surface area contributed by atoms with E-state index >= 15 is 0 Å². The topological polar surface area (TPSA) is 92.4 Å². The molecule has 4 rings (SSSR count). The van der Waals surface area contributed by atoms with E-state index in [9.17, 15) is 13.2 Å². The molecule has 0 amide bonds. The van der Waals surface area contributed by atoms with Gasteiger partial charge in [0.05, 0.1) is 23.2 Å². The molecule has 1 atom stereocenters. The molecular weight excluding hydrogens is 390 g/mol. The van der Waals surface area contributed by atoms with Gasteiger partial charge in [-0.15, -0.1) is 0 Å². The van der Waals surface area contributed by atoms with Crippen molar-refractivity contribution < 1.29 is 17.9 Å². The number of H-pyrrole nitrogens is 1. The van der Waals surface area contributed by atoms with Crippen molar-refractivity contribution in [3.05, 3.63) is 65.4 Å². The maximum absolute atomic E-state index is 13.6. The molecule has 0 saturated heterocycles. The van der Waals surface area contributed by atoms with Gasteiger partial charge in [-0.2, -0.15) is 5.10 Å². The Morgan fingerprint density at radius 1 is 1.17 bits per heavy atom. The number of hydrogen-bond acceptors (Lipinski definition) is 5. The van der Waals surface area contributed by atoms with E-state index in [0.717, 1.165) is 5.56 Å². The normalized spacial score (nSPS) is 15.6. The molecule has 1 aromatic heterocycles. The number of aromatic amines is 1. The van der Waals surface area contributed by atoms with Gasteiger partial charge in [-0.25, -0.2) is 13.2 Å². The maximum Gasteiger partial charge on any atom is 0.356 e. The zero-order valence-electron chi connectivity index (χ0n) is 16.3. The van der Waals surface area contributed by atoms with Crippen molar-refractivity contribution in [2.24, 2.45) is 0 Å². The first kappa shape index (κ1) is 19.2. The first-order valence-electron chi connectivity index (χ1n) is 9.32. The van der Waals surface area contributed by atoms with Crippen molar-refractivity contribution in [3.63, 3.8) is 0 Å². The number of aryl methyl sites for hydroxylation is 1. The van der Waals surface area contributed by atoms with Crippen LogP contribution in [0.15, 0.2) is 53.4 Å². The Bertz CT molecular complexity index is 1180. The molecule has 1 N–H and O–H groups in total. The van der Waals surface area contributed by atoms with Crippen LogP contribution in [-0.4, -0.2) is 31.2 Å². The number of aromatic nitrogens is 2. The Balaban J connectivity index is 1.93. The van der Waals surface area contributed by atoms with E-state index in [1.807, 2.05) is 13.0 Å². The largest absolute Gasteiger partial charge is 0.461 e. The third-order valence-corrected chi connectivity index (χ3v) is 6.93. The SMILES string of the molecule is CCOC(=O)c1[nH]nc2c1C(C)N(S(=O)(=O)c1ccc(C)cc1)c1ccccc1-2. The fourth-order valence-corrected chi connectivity index (χ4v) is 5.32. The molecule has 8 heteroatoms. The molecule has 1 unspecified atom stereocenters. The lowest BCUT2D eigenvalue weighted by Gasteiger charge is -2.35. The minimum atomic E-state index is -3.88. The Kier molecular flexibility index (Phi) is 4.66. The fourth-order valence-electron chi connectivity index (χ4n) is 3.67. The highest BCUT2D eigenvalue weighted by Gasteiger charge is 2.40. The minimum absolute atomic E-state index is 0.174. The maximum atomic E-state index is 13.6. The number of ether oxygens (including phenoxy) is 1. The van der Waals surface area contributed by atoms with Gasteiger partial charge < -0.3 is 4.74 Å². The molecule has 0 fully saturated rings. The van der Waals surface area contributed by atoms with E-state index in [1.165, 1.54) is 4.31 Å². The lowest BCUT2D eigenvalue weighted by atomic mass is 9.94. The zero-order valence-corrected chi connectivity index (χ0v) is 17.2. The van der Waals surface area contributed by atoms with E-state index in [-0.39, 0.29) is 17.2 Å². The molecule has 0 bridgehead atoms. The van der Waals surface area contributed by atoms with Crippen molar-refractivity contribution in [2.75, 3.05) is 10.9 Å². The third kappa shape index (κ3) is 3.00. The second-order valence-corrected chi connectivity index (χ2v) is 8.70. The summed E-state index contributed by atoms with van der Waals surface area (Å²) in [6.45, 7) is 5.58. The highest BCUT2D eigenvalue weighted by atomic mass is 32.2. The smallest absolute Gasteiger partial charge is 0.356 e. The Morgan fingerprint density at radius 2 is 1.86 bits per heavy atom. The first-order valence-corrected chi connectivity index (χ1v) is 10.8. The average Bonchev–Trinajstić information content (AvgIpc) is 3.14. The van der Waals surface area contributed by atoms with E-state index < -0.39 is 22.0 Å². The van der Waals surface area contributed by atoms with Crippen molar-refractivity contribution >= 4 is 21.7 Å². The summed E-state index contributed by atoms with van der Waals surface area (Å²) >= 11 is 0. The predicted molar refractivity (Wildman–Crippen MR) is 109 cm³/mol. The molecule has 1 aliphatic rings. The van der Waals surface area contributed by atoms with Crippen LogP contribution >= 0.6 is 0 Å². The van der Waals surface area contributed by atoms with Crippen LogP contribution in [0.1, 0.15) is 41.5 Å². The van der Waals surface area contributed by atoms with Crippen molar-refractivity contribution in [3.8, 4) is 11.3 Å². The van der Waals surface area contributed by atoms with Crippen molar-refractivity contribution in [2.45, 2.75) is 31.7 Å². The number of para-hydroxylation sites is 1. The van der Waals surface area contributed by atoms with Crippen molar-refractivity contribution in [1.29, 1.82) is 0 Å². The number of fused-ring (bicyclic) bond motifs is 3. The van der Waals surface area contributed by atoms with Crippen molar-refractivity contribution in [1.82, 2.24) is 10.2 Å². The molecule has 3 aromatic rings. The molecule has 0 aliphatic carbocycles. The number of nitrogens with one attached hydrogen (secondary N) is 1. The molecule has 1 aliphatic heterocycles. The minimum Gasteiger partial charge on any atom is -0.461 e. The monoisotopic (exact) mass is 411 g/mol. The van der Waals surface area contributed by atoms with E-state index in [4.69, 9.17) is 4.74 Å². The summed E-state index contributed by atoms with van der Waals surface area (Å²) in [5.41, 5.74) is 3.38. The van der Waals surface area contributed by atoms with Gasteiger partial charge in [-0.1, -0.05) is 35.9 Å². The number of carbonyl (C=O) groups is 1. The third-order valence-electron chi connectivity index (χ3n) is 5.03. The summed E-state index contributed by atoms with van der Waals surface area (Å²) in [5, 5.41) is 7.05. The Morgan fingerprint density at radius 3 is 2.55 bits per heavy atom. The Hall–Kier alpha value is -3.13. The fraction of sp³-hybridized carbons (Fsp3) is 0.238.